The Kier molecular flexibility index (Phi) is 4.05. The van der Waals surface area contributed by atoms with Crippen LogP contribution in [0.25, 0.3) is 22.6 Å². The van der Waals surface area contributed by atoms with Gasteiger partial charge in [-0.3, -0.25) is 9.78 Å². The molecule has 3 aromatic rings. The molecule has 1 aromatic carbocycles. The number of carbonyl (C=O) groups is 1. The van der Waals surface area contributed by atoms with E-state index in [1.807, 2.05) is 42.5 Å². The van der Waals surface area contributed by atoms with Crippen LogP contribution in [0, 0.1) is 17.8 Å². The molecule has 5 heteroatoms. The van der Waals surface area contributed by atoms with Gasteiger partial charge in [0.2, 0.25) is 0 Å². The molecule has 2 aromatic heterocycles. The first kappa shape index (κ1) is 17.9. The van der Waals surface area contributed by atoms with Gasteiger partial charge in [-0.05, 0) is 68.4 Å². The smallest absolute Gasteiger partial charge is 0.273 e. The third-order valence-corrected chi connectivity index (χ3v) is 7.28. The van der Waals surface area contributed by atoms with E-state index in [9.17, 15) is 4.79 Å². The summed E-state index contributed by atoms with van der Waals surface area (Å²) in [6.07, 6.45) is 9.21. The molecule has 152 valence electrons. The topological polar surface area (TPSA) is 68.0 Å². The first-order chi connectivity index (χ1) is 14.7. The Labute approximate surface area is 175 Å². The molecular weight excluding hydrogens is 374 g/mol. The van der Waals surface area contributed by atoms with E-state index < -0.39 is 0 Å². The first-order valence-electron chi connectivity index (χ1n) is 11.0. The predicted octanol–water partition coefficient (Wildman–Crippen LogP) is 5.10. The van der Waals surface area contributed by atoms with Crippen molar-refractivity contribution in [2.75, 3.05) is 0 Å². The van der Waals surface area contributed by atoms with Crippen LogP contribution in [-0.2, 0) is 0 Å². The zero-order chi connectivity index (χ0) is 20.1. The highest BCUT2D eigenvalue weighted by atomic mass is 16.5. The number of carbonyl (C=O) groups excluding carboxylic acids is 1. The minimum atomic E-state index is -0.110. The number of hydrogen-bond donors (Lipinski definition) is 1. The molecule has 0 spiro atoms. The van der Waals surface area contributed by atoms with Gasteiger partial charge in [0.05, 0.1) is 5.69 Å². The van der Waals surface area contributed by atoms with Crippen molar-refractivity contribution in [3.05, 3.63) is 60.4 Å². The summed E-state index contributed by atoms with van der Waals surface area (Å²) in [5, 5.41) is 7.42. The fourth-order valence-corrected chi connectivity index (χ4v) is 6.41. The van der Waals surface area contributed by atoms with E-state index in [1.165, 1.54) is 19.3 Å². The molecule has 1 N–H and O–H groups in total. The minimum absolute atomic E-state index is 0.0240. The first-order valence-corrected chi connectivity index (χ1v) is 11.0. The van der Waals surface area contributed by atoms with Crippen molar-refractivity contribution in [1.29, 1.82) is 0 Å². The summed E-state index contributed by atoms with van der Waals surface area (Å²) < 4.78 is 5.49. The SMILES string of the molecule is O=C(NC12CC3CC(CC(C3)C1)C2)c1cc(-c2ccc(-c3ccccc3)nc2)on1. The Hall–Kier alpha value is -2.95. The van der Waals surface area contributed by atoms with Gasteiger partial charge in [-0.1, -0.05) is 35.5 Å². The maximum atomic E-state index is 13.0. The second-order valence-corrected chi connectivity index (χ2v) is 9.53. The lowest BCUT2D eigenvalue weighted by molar-refractivity contribution is -0.0168. The molecule has 30 heavy (non-hydrogen) atoms. The zero-order valence-electron chi connectivity index (χ0n) is 16.9. The van der Waals surface area contributed by atoms with Gasteiger partial charge in [0.1, 0.15) is 0 Å². The fourth-order valence-electron chi connectivity index (χ4n) is 6.41. The van der Waals surface area contributed by atoms with Crippen molar-refractivity contribution in [2.24, 2.45) is 17.8 Å². The fraction of sp³-hybridized carbons (Fsp3) is 0.400. The van der Waals surface area contributed by atoms with E-state index in [0.717, 1.165) is 53.8 Å². The van der Waals surface area contributed by atoms with Crippen LogP contribution < -0.4 is 5.32 Å². The molecule has 1 amide bonds. The number of hydrogen-bond acceptors (Lipinski definition) is 4. The summed E-state index contributed by atoms with van der Waals surface area (Å²) >= 11 is 0. The molecule has 0 saturated heterocycles. The predicted molar refractivity (Wildman–Crippen MR) is 114 cm³/mol. The van der Waals surface area contributed by atoms with Gasteiger partial charge in [0.25, 0.3) is 5.91 Å². The van der Waals surface area contributed by atoms with Crippen LogP contribution in [0.5, 0.6) is 0 Å². The van der Waals surface area contributed by atoms with Crippen LogP contribution in [0.1, 0.15) is 49.0 Å². The Morgan fingerprint density at radius 2 is 1.63 bits per heavy atom. The normalized spacial score (nSPS) is 29.1. The highest BCUT2D eigenvalue weighted by molar-refractivity contribution is 5.93. The van der Waals surface area contributed by atoms with Crippen molar-refractivity contribution in [3.63, 3.8) is 0 Å². The quantitative estimate of drug-likeness (QED) is 0.663. The molecule has 7 rings (SSSR count). The maximum absolute atomic E-state index is 13.0. The van der Waals surface area contributed by atoms with E-state index >= 15 is 0 Å². The Morgan fingerprint density at radius 3 is 2.27 bits per heavy atom. The van der Waals surface area contributed by atoms with Crippen LogP contribution >= 0.6 is 0 Å². The van der Waals surface area contributed by atoms with Gasteiger partial charge >= 0.3 is 0 Å². The van der Waals surface area contributed by atoms with E-state index in [1.54, 1.807) is 12.3 Å². The lowest BCUT2D eigenvalue weighted by atomic mass is 9.53. The number of amides is 1. The largest absolute Gasteiger partial charge is 0.355 e. The summed E-state index contributed by atoms with van der Waals surface area (Å²) in [6.45, 7) is 0. The van der Waals surface area contributed by atoms with Crippen LogP contribution in [0.2, 0.25) is 0 Å². The monoisotopic (exact) mass is 399 g/mol. The number of rotatable bonds is 4. The highest BCUT2D eigenvalue weighted by Gasteiger charge is 2.51. The summed E-state index contributed by atoms with van der Waals surface area (Å²) in [7, 11) is 0. The molecule has 0 atom stereocenters. The lowest BCUT2D eigenvalue weighted by Gasteiger charge is -2.56. The van der Waals surface area contributed by atoms with Gasteiger partial charge in [0, 0.05) is 28.9 Å². The van der Waals surface area contributed by atoms with E-state index in [4.69, 9.17) is 4.52 Å². The summed E-state index contributed by atoms with van der Waals surface area (Å²) in [6, 6.07) is 15.7. The number of benzene rings is 1. The molecule has 0 radical (unpaired) electrons. The maximum Gasteiger partial charge on any atom is 0.273 e. The van der Waals surface area contributed by atoms with E-state index in [0.29, 0.717) is 11.5 Å². The Balaban J connectivity index is 1.18. The van der Waals surface area contributed by atoms with Crippen molar-refractivity contribution >= 4 is 5.91 Å². The number of nitrogens with one attached hydrogen (secondary N) is 1. The molecule has 5 nitrogen and oxygen atoms in total. The van der Waals surface area contributed by atoms with Crippen LogP contribution in [0.3, 0.4) is 0 Å². The molecule has 4 fully saturated rings. The molecule has 0 aliphatic heterocycles. The van der Waals surface area contributed by atoms with Gasteiger partial charge in [-0.15, -0.1) is 0 Å². The van der Waals surface area contributed by atoms with E-state index in [2.05, 4.69) is 15.5 Å². The number of pyridine rings is 1. The van der Waals surface area contributed by atoms with Crippen LogP contribution in [-0.4, -0.2) is 21.6 Å². The second kappa shape index (κ2) is 6.79. The van der Waals surface area contributed by atoms with Crippen molar-refractivity contribution in [3.8, 4) is 22.6 Å². The number of aromatic nitrogens is 2. The third-order valence-electron chi connectivity index (χ3n) is 7.28. The van der Waals surface area contributed by atoms with Crippen molar-refractivity contribution in [2.45, 2.75) is 44.1 Å². The average Bonchev–Trinajstić information content (AvgIpc) is 3.24. The van der Waals surface area contributed by atoms with Gasteiger partial charge in [-0.25, -0.2) is 0 Å². The molecule has 4 aliphatic carbocycles. The third kappa shape index (κ3) is 3.13. The van der Waals surface area contributed by atoms with Crippen molar-refractivity contribution in [1.82, 2.24) is 15.5 Å². The number of nitrogens with zero attached hydrogens (tertiary/aromatic N) is 2. The zero-order valence-corrected chi connectivity index (χ0v) is 16.9. The molecule has 4 aliphatic rings. The van der Waals surface area contributed by atoms with Gasteiger partial charge < -0.3 is 9.84 Å². The molecule has 4 bridgehead atoms. The van der Waals surface area contributed by atoms with E-state index in [-0.39, 0.29) is 11.4 Å². The molecule has 2 heterocycles. The minimum Gasteiger partial charge on any atom is -0.355 e. The average molecular weight is 399 g/mol. The van der Waals surface area contributed by atoms with Crippen LogP contribution in [0.15, 0.2) is 59.3 Å². The molecular formula is C25H25N3O2. The molecule has 0 unspecified atom stereocenters. The summed E-state index contributed by atoms with van der Waals surface area (Å²) in [4.78, 5) is 17.5. The lowest BCUT2D eigenvalue weighted by Crippen LogP contribution is -2.59. The van der Waals surface area contributed by atoms with Gasteiger partial charge in [0.15, 0.2) is 11.5 Å². The van der Waals surface area contributed by atoms with Crippen LogP contribution in [0.4, 0.5) is 0 Å². The Bertz CT molecular complexity index is 1040. The summed E-state index contributed by atoms with van der Waals surface area (Å²) in [5.41, 5.74) is 3.11. The van der Waals surface area contributed by atoms with Gasteiger partial charge in [-0.2, -0.15) is 0 Å². The Morgan fingerprint density at radius 1 is 0.933 bits per heavy atom. The standard InChI is InChI=1S/C25H25N3O2/c29-24(27-25-12-16-8-17(13-25)10-18(9-16)14-25)22-11-23(30-28-22)20-6-7-21(26-15-20)19-4-2-1-3-5-19/h1-7,11,15-18H,8-10,12-14H2,(H,27,29). The summed E-state index contributed by atoms with van der Waals surface area (Å²) in [5.74, 6) is 2.83. The highest BCUT2D eigenvalue weighted by Crippen LogP contribution is 2.55. The second-order valence-electron chi connectivity index (χ2n) is 9.53. The molecule has 4 saturated carbocycles. The van der Waals surface area contributed by atoms with Crippen molar-refractivity contribution < 1.29 is 9.32 Å².